The SMILES string of the molecule is C=C[C@@H]1C[C@]1(NC(=O)[C@@H]1CC(O)CN1C(=O)OC(C)(C)C)C(C)=O. The number of aliphatic hydroxyl groups is 1. The van der Waals surface area contributed by atoms with Gasteiger partial charge in [0.2, 0.25) is 5.91 Å². The molecule has 0 aromatic heterocycles. The highest BCUT2D eigenvalue weighted by Crippen LogP contribution is 2.45. The van der Waals surface area contributed by atoms with Crippen LogP contribution < -0.4 is 5.32 Å². The maximum Gasteiger partial charge on any atom is 0.411 e. The second kappa shape index (κ2) is 6.20. The van der Waals surface area contributed by atoms with Gasteiger partial charge in [0.1, 0.15) is 17.2 Å². The number of Topliss-reactive ketones (excluding diaryl/α,β-unsaturated/α-hetero) is 1. The summed E-state index contributed by atoms with van der Waals surface area (Å²) in [6.07, 6.45) is 0.844. The number of carbonyl (C=O) groups excluding carboxylic acids is 3. The van der Waals surface area contributed by atoms with Crippen molar-refractivity contribution >= 4 is 17.8 Å². The molecule has 0 radical (unpaired) electrons. The first-order valence-corrected chi connectivity index (χ1v) is 8.13. The van der Waals surface area contributed by atoms with Gasteiger partial charge in [-0.3, -0.25) is 14.5 Å². The number of amides is 2. The number of ether oxygens (including phenoxy) is 1. The first-order chi connectivity index (χ1) is 11.0. The zero-order valence-electron chi connectivity index (χ0n) is 14.7. The van der Waals surface area contributed by atoms with Gasteiger partial charge >= 0.3 is 6.09 Å². The molecule has 2 rings (SSSR count). The molecule has 2 aliphatic rings. The van der Waals surface area contributed by atoms with Crippen LogP contribution in [0.4, 0.5) is 4.79 Å². The van der Waals surface area contributed by atoms with E-state index in [0.717, 1.165) is 0 Å². The summed E-state index contributed by atoms with van der Waals surface area (Å²) < 4.78 is 5.30. The largest absolute Gasteiger partial charge is 0.444 e. The van der Waals surface area contributed by atoms with Gasteiger partial charge in [-0.25, -0.2) is 4.79 Å². The van der Waals surface area contributed by atoms with Gasteiger partial charge in [-0.2, -0.15) is 0 Å². The van der Waals surface area contributed by atoms with Crippen LogP contribution in [0.3, 0.4) is 0 Å². The summed E-state index contributed by atoms with van der Waals surface area (Å²) in [4.78, 5) is 38.0. The maximum atomic E-state index is 12.6. The molecule has 0 bridgehead atoms. The Morgan fingerprint density at radius 2 is 2.00 bits per heavy atom. The van der Waals surface area contributed by atoms with Crippen LogP contribution in [-0.2, 0) is 14.3 Å². The van der Waals surface area contributed by atoms with E-state index in [9.17, 15) is 19.5 Å². The van der Waals surface area contributed by atoms with E-state index in [1.54, 1.807) is 26.8 Å². The molecule has 134 valence electrons. The molecule has 0 aromatic rings. The molecule has 2 amide bonds. The molecule has 1 heterocycles. The van der Waals surface area contributed by atoms with Crippen LogP contribution in [0.5, 0.6) is 0 Å². The van der Waals surface area contributed by atoms with E-state index >= 15 is 0 Å². The average molecular weight is 338 g/mol. The Morgan fingerprint density at radius 3 is 2.46 bits per heavy atom. The number of hydrogen-bond acceptors (Lipinski definition) is 5. The Kier molecular flexibility index (Phi) is 4.77. The number of hydrogen-bond donors (Lipinski definition) is 2. The van der Waals surface area contributed by atoms with Crippen molar-refractivity contribution in [2.45, 2.75) is 63.8 Å². The van der Waals surface area contributed by atoms with Crippen molar-refractivity contribution in [2.75, 3.05) is 6.54 Å². The van der Waals surface area contributed by atoms with Gasteiger partial charge in [-0.1, -0.05) is 6.08 Å². The van der Waals surface area contributed by atoms with E-state index in [2.05, 4.69) is 11.9 Å². The third kappa shape index (κ3) is 3.61. The fraction of sp³-hybridized carbons (Fsp3) is 0.706. The van der Waals surface area contributed by atoms with Gasteiger partial charge in [0.15, 0.2) is 5.78 Å². The highest BCUT2D eigenvalue weighted by Gasteiger charge is 2.58. The minimum atomic E-state index is -0.925. The van der Waals surface area contributed by atoms with Crippen LogP contribution in [0, 0.1) is 5.92 Å². The predicted molar refractivity (Wildman–Crippen MR) is 87.2 cm³/mol. The normalized spacial score (nSPS) is 32.2. The molecular weight excluding hydrogens is 312 g/mol. The molecule has 1 aliphatic heterocycles. The Bertz CT molecular complexity index is 568. The second-order valence-electron chi connectivity index (χ2n) is 7.60. The van der Waals surface area contributed by atoms with Gasteiger partial charge in [0, 0.05) is 12.3 Å². The van der Waals surface area contributed by atoms with Crippen molar-refractivity contribution in [1.82, 2.24) is 10.2 Å². The summed E-state index contributed by atoms with van der Waals surface area (Å²) in [5.74, 6) is -0.680. The third-order valence-corrected chi connectivity index (χ3v) is 4.48. The summed E-state index contributed by atoms with van der Waals surface area (Å²) >= 11 is 0. The highest BCUT2D eigenvalue weighted by atomic mass is 16.6. The van der Waals surface area contributed by atoms with E-state index in [1.807, 2.05) is 0 Å². The fourth-order valence-electron chi connectivity index (χ4n) is 3.10. The Hall–Kier alpha value is -1.89. The number of ketones is 1. The smallest absolute Gasteiger partial charge is 0.411 e. The van der Waals surface area contributed by atoms with Gasteiger partial charge in [-0.05, 0) is 34.1 Å². The molecule has 2 N–H and O–H groups in total. The number of likely N-dealkylation sites (tertiary alicyclic amines) is 1. The van der Waals surface area contributed by atoms with E-state index in [-0.39, 0.29) is 24.7 Å². The van der Waals surface area contributed by atoms with Crippen LogP contribution in [0.15, 0.2) is 12.7 Å². The Balaban J connectivity index is 2.11. The lowest BCUT2D eigenvalue weighted by atomic mass is 10.1. The molecule has 1 saturated carbocycles. The summed E-state index contributed by atoms with van der Waals surface area (Å²) in [5.41, 5.74) is -1.62. The topological polar surface area (TPSA) is 95.9 Å². The van der Waals surface area contributed by atoms with E-state index in [1.165, 1.54) is 11.8 Å². The lowest BCUT2D eigenvalue weighted by Gasteiger charge is -2.28. The Labute approximate surface area is 142 Å². The zero-order valence-corrected chi connectivity index (χ0v) is 14.7. The lowest BCUT2D eigenvalue weighted by molar-refractivity contribution is -0.130. The number of β-amino-alcohol motifs (C(OH)–C–C–N with tert-alkyl or cyclic N) is 1. The number of aliphatic hydroxyl groups excluding tert-OH is 1. The van der Waals surface area contributed by atoms with Gasteiger partial charge in [-0.15, -0.1) is 6.58 Å². The van der Waals surface area contributed by atoms with Crippen LogP contribution in [0.2, 0.25) is 0 Å². The molecule has 24 heavy (non-hydrogen) atoms. The second-order valence-corrected chi connectivity index (χ2v) is 7.60. The maximum absolute atomic E-state index is 12.6. The van der Waals surface area contributed by atoms with Gasteiger partial charge in [0.05, 0.1) is 12.6 Å². The molecule has 7 heteroatoms. The summed E-state index contributed by atoms with van der Waals surface area (Å²) in [6.45, 7) is 10.3. The number of rotatable bonds is 4. The molecule has 0 spiro atoms. The van der Waals surface area contributed by atoms with Gasteiger partial charge < -0.3 is 15.2 Å². The third-order valence-electron chi connectivity index (χ3n) is 4.48. The highest BCUT2D eigenvalue weighted by molar-refractivity contribution is 5.97. The lowest BCUT2D eigenvalue weighted by Crippen LogP contribution is -2.53. The molecule has 0 aromatic carbocycles. The summed E-state index contributed by atoms with van der Waals surface area (Å²) in [7, 11) is 0. The van der Waals surface area contributed by atoms with Crippen molar-refractivity contribution in [3.8, 4) is 0 Å². The molecule has 2 fully saturated rings. The number of carbonyl (C=O) groups is 3. The van der Waals surface area contributed by atoms with Crippen LogP contribution >= 0.6 is 0 Å². The van der Waals surface area contributed by atoms with Crippen molar-refractivity contribution < 1.29 is 24.2 Å². The molecule has 1 saturated heterocycles. The molecule has 1 unspecified atom stereocenters. The van der Waals surface area contributed by atoms with Crippen LogP contribution in [-0.4, -0.2) is 57.6 Å². The standard InChI is InChI=1S/C17H26N2O5/c1-6-11-8-17(11,10(2)20)18-14(22)13-7-12(21)9-19(13)15(23)24-16(3,4)5/h6,11-13,21H,1,7-9H2,2-5H3,(H,18,22)/t11-,12?,13+,17+/m1/s1. The molecular formula is C17H26N2O5. The van der Waals surface area contributed by atoms with Crippen molar-refractivity contribution in [1.29, 1.82) is 0 Å². The van der Waals surface area contributed by atoms with Crippen LogP contribution in [0.25, 0.3) is 0 Å². The van der Waals surface area contributed by atoms with Crippen molar-refractivity contribution in [3.63, 3.8) is 0 Å². The fourth-order valence-corrected chi connectivity index (χ4v) is 3.10. The predicted octanol–water partition coefficient (Wildman–Crippen LogP) is 1.01. The number of nitrogens with zero attached hydrogens (tertiary/aromatic N) is 1. The van der Waals surface area contributed by atoms with E-state index in [0.29, 0.717) is 6.42 Å². The first-order valence-electron chi connectivity index (χ1n) is 8.13. The Morgan fingerprint density at radius 1 is 1.38 bits per heavy atom. The van der Waals surface area contributed by atoms with Crippen molar-refractivity contribution in [3.05, 3.63) is 12.7 Å². The van der Waals surface area contributed by atoms with Crippen molar-refractivity contribution in [2.24, 2.45) is 5.92 Å². The van der Waals surface area contributed by atoms with Crippen LogP contribution in [0.1, 0.15) is 40.5 Å². The molecule has 4 atom stereocenters. The number of nitrogens with one attached hydrogen (secondary N) is 1. The summed E-state index contributed by atoms with van der Waals surface area (Å²) in [5, 5.41) is 12.6. The quantitative estimate of drug-likeness (QED) is 0.746. The summed E-state index contributed by atoms with van der Waals surface area (Å²) in [6, 6.07) is -0.850. The first kappa shape index (κ1) is 18.4. The molecule has 1 aliphatic carbocycles. The van der Waals surface area contributed by atoms with E-state index in [4.69, 9.17) is 4.74 Å². The van der Waals surface area contributed by atoms with Gasteiger partial charge in [0.25, 0.3) is 0 Å². The average Bonchev–Trinajstić information content (AvgIpc) is 3.01. The molecule has 7 nitrogen and oxygen atoms in total. The monoisotopic (exact) mass is 338 g/mol. The minimum Gasteiger partial charge on any atom is -0.444 e. The zero-order chi connectivity index (χ0) is 18.3. The minimum absolute atomic E-state index is 0.0327. The van der Waals surface area contributed by atoms with E-state index < -0.39 is 35.3 Å².